The van der Waals surface area contributed by atoms with E-state index in [9.17, 15) is 0 Å². The van der Waals surface area contributed by atoms with Gasteiger partial charge in [0, 0.05) is 0 Å². The summed E-state index contributed by atoms with van der Waals surface area (Å²) in [5.74, 6) is 0. The van der Waals surface area contributed by atoms with E-state index in [1.54, 1.807) is 0 Å². The number of rotatable bonds is 2. The molecule has 23 heavy (non-hydrogen) atoms. The second-order valence-corrected chi connectivity index (χ2v) is 35.7. The summed E-state index contributed by atoms with van der Waals surface area (Å²) in [7, 11) is 0. The number of benzene rings is 2. The predicted octanol–water partition coefficient (Wildman–Crippen LogP) is 5.59. The SMILES string of the molecule is c1ccc([C]23[CH]4[CH]5[CH]6[C]2(c2ccccc2)[Fe]54632789[CH]3[CH]2[CH]7[CH]8[CH]39)cc1. The van der Waals surface area contributed by atoms with Crippen molar-refractivity contribution in [1.29, 1.82) is 0 Å². The summed E-state index contributed by atoms with van der Waals surface area (Å²) in [5.41, 5.74) is 3.68. The molecule has 1 heteroatoms. The van der Waals surface area contributed by atoms with E-state index in [0.29, 0.717) is 0 Å². The molecule has 0 nitrogen and oxygen atoms in total. The molecule has 10 aliphatic heterocycles. The maximum atomic E-state index is 2.56. The van der Waals surface area contributed by atoms with Crippen molar-refractivity contribution in [2.75, 3.05) is 0 Å². The Kier molecular flexibility index (Phi) is 0.350. The third-order valence-corrected chi connectivity index (χ3v) is 60.1. The van der Waals surface area contributed by atoms with Gasteiger partial charge in [-0.15, -0.1) is 0 Å². The molecule has 0 aromatic heterocycles. The molecule has 12 rings (SSSR count). The van der Waals surface area contributed by atoms with Crippen molar-refractivity contribution < 1.29 is 6.51 Å². The Morgan fingerprint density at radius 2 is 0.913 bits per heavy atom. The second kappa shape index (κ2) is 0.907. The Labute approximate surface area is 125 Å². The molecule has 10 fully saturated rings. The van der Waals surface area contributed by atoms with Gasteiger partial charge in [0.15, 0.2) is 0 Å². The Morgan fingerprint density at radius 3 is 1.22 bits per heavy atom. The van der Waals surface area contributed by atoms with Gasteiger partial charge in [0.05, 0.1) is 0 Å². The van der Waals surface area contributed by atoms with Crippen molar-refractivity contribution in [3.63, 3.8) is 0 Å². The van der Waals surface area contributed by atoms with Crippen LogP contribution in [0.15, 0.2) is 60.7 Å². The molecule has 0 bridgehead atoms. The van der Waals surface area contributed by atoms with Crippen LogP contribution >= 0.6 is 0 Å². The maximum absolute atomic E-state index is 3.34. The zero-order valence-electron chi connectivity index (χ0n) is 12.7. The average molecular weight is 338 g/mol. The molecule has 2 aromatic rings. The summed E-state index contributed by atoms with van der Waals surface area (Å²) in [6.45, 7) is -3.34. The fraction of sp³-hybridized carbons (Fsp3) is 0.455. The summed E-state index contributed by atoms with van der Waals surface area (Å²) in [5, 5.41) is 0. The van der Waals surface area contributed by atoms with E-state index in [4.69, 9.17) is 0 Å². The van der Waals surface area contributed by atoms with Gasteiger partial charge < -0.3 is 0 Å². The first-order valence-corrected chi connectivity index (χ1v) is 15.7. The van der Waals surface area contributed by atoms with Crippen LogP contribution in [-0.4, -0.2) is 0 Å². The molecule has 114 valence electrons. The van der Waals surface area contributed by atoms with Gasteiger partial charge in [-0.3, -0.25) is 0 Å². The Morgan fingerprint density at radius 1 is 0.522 bits per heavy atom. The van der Waals surface area contributed by atoms with Gasteiger partial charge in [0.2, 0.25) is 0 Å². The molecule has 0 amide bonds. The molecule has 1 spiro atoms. The first-order valence-electron chi connectivity index (χ1n) is 9.47. The van der Waals surface area contributed by atoms with Gasteiger partial charge in [-0.1, -0.05) is 0 Å². The quantitative estimate of drug-likeness (QED) is 0.626. The van der Waals surface area contributed by atoms with Crippen LogP contribution in [0.3, 0.4) is 0 Å². The molecule has 0 saturated carbocycles. The monoisotopic (exact) mass is 338 g/mol. The van der Waals surface area contributed by atoms with Gasteiger partial charge >= 0.3 is 125 Å². The van der Waals surface area contributed by atoms with Crippen molar-refractivity contribution in [2.45, 2.75) is 47.2 Å². The van der Waals surface area contributed by atoms with Crippen LogP contribution in [0.1, 0.15) is 11.1 Å². The van der Waals surface area contributed by atoms with Crippen LogP contribution in [0, 0.1) is 0 Å². The number of fused-ring (bicyclic) bond motifs is 10. The number of hydrogen-bond donors (Lipinski definition) is 0. The summed E-state index contributed by atoms with van der Waals surface area (Å²) < 4.78 is 1.57. The molecular weight excluding hydrogens is 320 g/mol. The topological polar surface area (TPSA) is 0 Å². The molecule has 0 radical (unpaired) electrons. The van der Waals surface area contributed by atoms with Gasteiger partial charge in [-0.05, 0) is 0 Å². The minimum atomic E-state index is -3.34. The molecule has 2 aromatic carbocycles. The van der Waals surface area contributed by atoms with Crippen LogP contribution in [-0.2, 0) is 15.1 Å². The van der Waals surface area contributed by atoms with Crippen molar-refractivity contribution in [1.82, 2.24) is 0 Å². The average Bonchev–Trinajstić information content (AvgIpc) is 3.56. The normalized spacial score (nSPS) is 94.1. The van der Waals surface area contributed by atoms with Gasteiger partial charge in [0.1, 0.15) is 0 Å². The van der Waals surface area contributed by atoms with Crippen LogP contribution in [0.25, 0.3) is 0 Å². The molecule has 4 atom stereocenters. The van der Waals surface area contributed by atoms with Crippen LogP contribution in [0.2, 0.25) is 38.5 Å². The Hall–Kier alpha value is -1.04. The number of hydrogen-bond acceptors (Lipinski definition) is 0. The summed E-state index contributed by atoms with van der Waals surface area (Å²) >= 11 is 0. The molecular formula is C22H18Fe. The van der Waals surface area contributed by atoms with Gasteiger partial charge in [0.25, 0.3) is 0 Å². The van der Waals surface area contributed by atoms with Gasteiger partial charge in [-0.25, -0.2) is 0 Å². The van der Waals surface area contributed by atoms with E-state index in [1.165, 1.54) is 38.5 Å². The zero-order chi connectivity index (χ0) is 14.2. The van der Waals surface area contributed by atoms with Crippen molar-refractivity contribution in [3.8, 4) is 0 Å². The minimum absolute atomic E-state index is 0.786. The standard InChI is InChI=1S/C17H13.C5H5.Fe/c1-3-8-14(9-4-1)16-12-7-13-17(16)15-10-5-2-6-11-15;1-2-4-5-3-1;/h1-13H;1-5H;. The first-order chi connectivity index (χ1) is 11.1. The van der Waals surface area contributed by atoms with Gasteiger partial charge in [-0.2, -0.15) is 0 Å². The summed E-state index contributed by atoms with van der Waals surface area (Å²) in [6, 6.07) is 24.1. The molecule has 0 aliphatic carbocycles. The van der Waals surface area contributed by atoms with Crippen LogP contribution in [0.4, 0.5) is 0 Å². The molecule has 10 heterocycles. The van der Waals surface area contributed by atoms with Crippen molar-refractivity contribution in [2.24, 2.45) is 0 Å². The molecule has 10 aliphatic rings. The second-order valence-electron chi connectivity index (χ2n) is 12.5. The molecule has 4 unspecified atom stereocenters. The van der Waals surface area contributed by atoms with E-state index in [-0.39, 0.29) is 0 Å². The van der Waals surface area contributed by atoms with E-state index in [0.717, 1.165) is 8.63 Å². The van der Waals surface area contributed by atoms with Crippen LogP contribution in [0.5, 0.6) is 0 Å². The van der Waals surface area contributed by atoms with Crippen molar-refractivity contribution >= 4 is 0 Å². The Balaban J connectivity index is 1.47. The Bertz CT molecular complexity index is 1330. The van der Waals surface area contributed by atoms with Crippen LogP contribution < -0.4 is 0 Å². The fourth-order valence-electron chi connectivity index (χ4n) is 19.6. The van der Waals surface area contributed by atoms with E-state index >= 15 is 0 Å². The van der Waals surface area contributed by atoms with E-state index in [1.807, 2.05) is 11.1 Å². The fourth-order valence-corrected chi connectivity index (χ4v) is 95.8. The van der Waals surface area contributed by atoms with Crippen molar-refractivity contribution in [3.05, 3.63) is 71.8 Å². The first kappa shape index (κ1) is 8.88. The zero-order valence-corrected chi connectivity index (χ0v) is 13.9. The third-order valence-electron chi connectivity index (χ3n) is 17.3. The molecule has 10 saturated heterocycles. The van der Waals surface area contributed by atoms with E-state index < -0.39 is 6.51 Å². The third kappa shape index (κ3) is 0.117. The van der Waals surface area contributed by atoms with E-state index in [2.05, 4.69) is 60.7 Å². The molecule has 0 N–H and O–H groups in total. The predicted molar refractivity (Wildman–Crippen MR) is 86.2 cm³/mol. The summed E-state index contributed by atoms with van der Waals surface area (Å²) in [6.07, 6.45) is 0. The summed E-state index contributed by atoms with van der Waals surface area (Å²) in [4.78, 5) is 10.8.